The first-order chi connectivity index (χ1) is 8.15. The fourth-order valence-corrected chi connectivity index (χ4v) is 1.51. The van der Waals surface area contributed by atoms with Gasteiger partial charge in [-0.15, -0.1) is 0 Å². The molecule has 17 heavy (non-hydrogen) atoms. The van der Waals surface area contributed by atoms with Crippen LogP contribution in [0.2, 0.25) is 0 Å². The highest BCUT2D eigenvalue weighted by molar-refractivity contribution is 5.94. The maximum Gasteiger partial charge on any atom is 0.254 e. The molecule has 0 spiro atoms. The smallest absolute Gasteiger partial charge is 0.254 e. The molecule has 0 aliphatic carbocycles. The Kier molecular flexibility index (Phi) is 5.63. The minimum absolute atomic E-state index is 0.0966. The van der Waals surface area contributed by atoms with Crippen molar-refractivity contribution in [3.05, 3.63) is 35.6 Å². The zero-order chi connectivity index (χ0) is 12.7. The number of nitrogens with one attached hydrogen (secondary N) is 1. The summed E-state index contributed by atoms with van der Waals surface area (Å²) >= 11 is 0. The van der Waals surface area contributed by atoms with Crippen LogP contribution in [-0.4, -0.2) is 19.0 Å². The lowest BCUT2D eigenvalue weighted by Gasteiger charge is -2.09. The number of hydrogen-bond donors (Lipinski definition) is 2. The SMILES string of the molecule is CC(CN)CCCNC(=O)c1ccccc1F. The van der Waals surface area contributed by atoms with Gasteiger partial charge in [0.2, 0.25) is 0 Å². The molecule has 1 unspecified atom stereocenters. The van der Waals surface area contributed by atoms with Gasteiger partial charge in [0.1, 0.15) is 5.82 Å². The summed E-state index contributed by atoms with van der Waals surface area (Å²) in [7, 11) is 0. The van der Waals surface area contributed by atoms with E-state index in [0.717, 1.165) is 12.8 Å². The van der Waals surface area contributed by atoms with E-state index in [1.807, 2.05) is 0 Å². The third-order valence-electron chi connectivity index (χ3n) is 2.68. The molecule has 1 amide bonds. The van der Waals surface area contributed by atoms with Gasteiger partial charge in [-0.05, 0) is 37.4 Å². The predicted molar refractivity (Wildman–Crippen MR) is 66.2 cm³/mol. The highest BCUT2D eigenvalue weighted by Crippen LogP contribution is 2.06. The van der Waals surface area contributed by atoms with Crippen LogP contribution in [0.5, 0.6) is 0 Å². The van der Waals surface area contributed by atoms with E-state index in [4.69, 9.17) is 5.73 Å². The van der Waals surface area contributed by atoms with E-state index in [1.54, 1.807) is 12.1 Å². The molecule has 1 aromatic carbocycles. The fourth-order valence-electron chi connectivity index (χ4n) is 1.51. The first-order valence-corrected chi connectivity index (χ1v) is 5.88. The van der Waals surface area contributed by atoms with Gasteiger partial charge >= 0.3 is 0 Å². The molecule has 0 radical (unpaired) electrons. The topological polar surface area (TPSA) is 55.1 Å². The standard InChI is InChI=1S/C13H19FN2O/c1-10(9-15)5-4-8-16-13(17)11-6-2-3-7-12(11)14/h2-3,6-7,10H,4-5,8-9,15H2,1H3,(H,16,17). The molecular weight excluding hydrogens is 219 g/mol. The zero-order valence-corrected chi connectivity index (χ0v) is 10.1. The summed E-state index contributed by atoms with van der Waals surface area (Å²) in [5.41, 5.74) is 5.58. The molecule has 4 heteroatoms. The molecule has 0 bridgehead atoms. The fraction of sp³-hybridized carbons (Fsp3) is 0.462. The maximum absolute atomic E-state index is 13.3. The number of rotatable bonds is 6. The lowest BCUT2D eigenvalue weighted by Crippen LogP contribution is -2.26. The van der Waals surface area contributed by atoms with Crippen molar-refractivity contribution >= 4 is 5.91 Å². The Hall–Kier alpha value is -1.42. The van der Waals surface area contributed by atoms with Gasteiger partial charge in [0, 0.05) is 6.54 Å². The molecule has 1 aromatic rings. The van der Waals surface area contributed by atoms with Crippen LogP contribution in [0.4, 0.5) is 4.39 Å². The maximum atomic E-state index is 13.3. The number of nitrogens with two attached hydrogens (primary N) is 1. The van der Waals surface area contributed by atoms with Crippen LogP contribution in [0, 0.1) is 11.7 Å². The van der Waals surface area contributed by atoms with Gasteiger partial charge in [-0.3, -0.25) is 4.79 Å². The largest absolute Gasteiger partial charge is 0.352 e. The van der Waals surface area contributed by atoms with E-state index in [9.17, 15) is 9.18 Å². The van der Waals surface area contributed by atoms with Crippen molar-refractivity contribution in [1.29, 1.82) is 0 Å². The summed E-state index contributed by atoms with van der Waals surface area (Å²) in [5.74, 6) is -0.385. The Morgan fingerprint density at radius 2 is 2.18 bits per heavy atom. The van der Waals surface area contributed by atoms with Gasteiger partial charge in [0.25, 0.3) is 5.91 Å². The summed E-state index contributed by atoms with van der Waals surface area (Å²) in [5, 5.41) is 2.70. The van der Waals surface area contributed by atoms with Crippen LogP contribution in [0.25, 0.3) is 0 Å². The lowest BCUT2D eigenvalue weighted by molar-refractivity contribution is 0.0948. The number of benzene rings is 1. The van der Waals surface area contributed by atoms with Gasteiger partial charge < -0.3 is 11.1 Å². The Morgan fingerprint density at radius 1 is 1.47 bits per heavy atom. The Labute approximate surface area is 101 Å². The van der Waals surface area contributed by atoms with Gasteiger partial charge in [-0.25, -0.2) is 4.39 Å². The van der Waals surface area contributed by atoms with Gasteiger partial charge in [0.05, 0.1) is 5.56 Å². The average molecular weight is 238 g/mol. The number of halogens is 1. The number of amides is 1. The molecule has 0 saturated heterocycles. The summed E-state index contributed by atoms with van der Waals surface area (Å²) in [6, 6.07) is 5.97. The van der Waals surface area contributed by atoms with Gasteiger partial charge in [0.15, 0.2) is 0 Å². The van der Waals surface area contributed by atoms with Crippen LogP contribution in [0.1, 0.15) is 30.1 Å². The predicted octanol–water partition coefficient (Wildman–Crippen LogP) is 1.93. The van der Waals surface area contributed by atoms with E-state index >= 15 is 0 Å². The van der Waals surface area contributed by atoms with Crippen molar-refractivity contribution in [2.24, 2.45) is 11.7 Å². The minimum atomic E-state index is -0.486. The Bertz CT molecular complexity index is 368. The Morgan fingerprint density at radius 3 is 2.82 bits per heavy atom. The zero-order valence-electron chi connectivity index (χ0n) is 10.1. The monoisotopic (exact) mass is 238 g/mol. The van der Waals surface area contributed by atoms with Crippen molar-refractivity contribution in [2.45, 2.75) is 19.8 Å². The first-order valence-electron chi connectivity index (χ1n) is 5.88. The van der Waals surface area contributed by atoms with Crippen LogP contribution >= 0.6 is 0 Å². The minimum Gasteiger partial charge on any atom is -0.352 e. The van der Waals surface area contributed by atoms with Crippen LogP contribution in [0.3, 0.4) is 0 Å². The molecule has 0 aliphatic rings. The summed E-state index contributed by atoms with van der Waals surface area (Å²) in [6.07, 6.45) is 1.83. The van der Waals surface area contributed by atoms with Crippen molar-refractivity contribution in [3.8, 4) is 0 Å². The van der Waals surface area contributed by atoms with E-state index in [1.165, 1.54) is 12.1 Å². The van der Waals surface area contributed by atoms with Crippen molar-refractivity contribution in [3.63, 3.8) is 0 Å². The van der Waals surface area contributed by atoms with Crippen molar-refractivity contribution < 1.29 is 9.18 Å². The van der Waals surface area contributed by atoms with Gasteiger partial charge in [-0.1, -0.05) is 19.1 Å². The normalized spacial score (nSPS) is 12.2. The molecule has 0 saturated carbocycles. The number of hydrogen-bond acceptors (Lipinski definition) is 2. The van der Waals surface area contributed by atoms with Crippen molar-refractivity contribution in [1.82, 2.24) is 5.32 Å². The lowest BCUT2D eigenvalue weighted by atomic mass is 10.1. The average Bonchev–Trinajstić information content (AvgIpc) is 2.34. The first kappa shape index (κ1) is 13.6. The second-order valence-corrected chi connectivity index (χ2v) is 4.22. The molecule has 94 valence electrons. The summed E-state index contributed by atoms with van der Waals surface area (Å²) in [4.78, 5) is 11.6. The van der Waals surface area contributed by atoms with Crippen LogP contribution in [0.15, 0.2) is 24.3 Å². The summed E-state index contributed by atoms with van der Waals surface area (Å²) in [6.45, 7) is 3.28. The molecule has 1 atom stereocenters. The molecule has 1 rings (SSSR count). The highest BCUT2D eigenvalue weighted by Gasteiger charge is 2.09. The van der Waals surface area contributed by atoms with E-state index in [2.05, 4.69) is 12.2 Å². The molecule has 0 aromatic heterocycles. The highest BCUT2D eigenvalue weighted by atomic mass is 19.1. The molecule has 0 aliphatic heterocycles. The molecule has 0 heterocycles. The van der Waals surface area contributed by atoms with Gasteiger partial charge in [-0.2, -0.15) is 0 Å². The molecule has 3 N–H and O–H groups in total. The quantitative estimate of drug-likeness (QED) is 0.744. The van der Waals surface area contributed by atoms with E-state index in [-0.39, 0.29) is 11.5 Å². The van der Waals surface area contributed by atoms with E-state index < -0.39 is 5.82 Å². The van der Waals surface area contributed by atoms with Crippen molar-refractivity contribution in [2.75, 3.05) is 13.1 Å². The third kappa shape index (κ3) is 4.53. The van der Waals surface area contributed by atoms with Crippen LogP contribution in [-0.2, 0) is 0 Å². The summed E-state index contributed by atoms with van der Waals surface area (Å²) < 4.78 is 13.3. The third-order valence-corrected chi connectivity index (χ3v) is 2.68. The Balaban J connectivity index is 2.33. The molecule has 3 nitrogen and oxygen atoms in total. The van der Waals surface area contributed by atoms with Crippen LogP contribution < -0.4 is 11.1 Å². The second kappa shape index (κ2) is 7.01. The molecular formula is C13H19FN2O. The second-order valence-electron chi connectivity index (χ2n) is 4.22. The molecule has 0 fully saturated rings. The number of carbonyl (C=O) groups excluding carboxylic acids is 1. The van der Waals surface area contributed by atoms with E-state index in [0.29, 0.717) is 19.0 Å². The number of carbonyl (C=O) groups is 1.